The van der Waals surface area contributed by atoms with Crippen LogP contribution in [0.25, 0.3) is 0 Å². The number of rotatable bonds is 11. The Morgan fingerprint density at radius 3 is 1.61 bits per heavy atom. The van der Waals surface area contributed by atoms with Crippen LogP contribution in [0.3, 0.4) is 0 Å². The quantitative estimate of drug-likeness (QED) is 0.261. The van der Waals surface area contributed by atoms with Gasteiger partial charge in [-0.2, -0.15) is 5.26 Å². The van der Waals surface area contributed by atoms with Crippen molar-refractivity contribution in [2.45, 2.75) is 41.5 Å². The highest BCUT2D eigenvalue weighted by molar-refractivity contribution is 8.04. The van der Waals surface area contributed by atoms with E-state index in [1.807, 2.05) is 6.07 Å². The molecule has 38 heavy (non-hydrogen) atoms. The molecule has 0 N–H and O–H groups in total. The Kier molecular flexibility index (Phi) is 8.06. The Hall–Kier alpha value is -3.85. The fourth-order valence-corrected chi connectivity index (χ4v) is 8.10. The molecular weight excluding hydrogens is 526 g/mol. The van der Waals surface area contributed by atoms with Crippen LogP contribution in [0, 0.1) is 11.3 Å². The second-order valence-corrected chi connectivity index (χ2v) is 12.6. The zero-order chi connectivity index (χ0) is 27.3. The van der Waals surface area contributed by atoms with E-state index in [0.717, 1.165) is 4.90 Å². The number of benzene rings is 3. The van der Waals surface area contributed by atoms with Gasteiger partial charge >= 0.3 is 0 Å². The van der Waals surface area contributed by atoms with E-state index in [-0.39, 0.29) is 33.8 Å². The van der Waals surface area contributed by atoms with Gasteiger partial charge in [0.1, 0.15) is 0 Å². The maximum atomic E-state index is 13.8. The van der Waals surface area contributed by atoms with Gasteiger partial charge in [0.25, 0.3) is 31.9 Å². The number of amides is 2. The fraction of sp³-hybridized carbons (Fsp3) is 0.222. The normalized spacial score (nSPS) is 14.4. The molecule has 11 heteroatoms. The fourth-order valence-electron chi connectivity index (χ4n) is 4.34. The highest BCUT2D eigenvalue weighted by Gasteiger charge is 2.44. The second-order valence-electron chi connectivity index (χ2n) is 8.68. The molecule has 0 radical (unpaired) electrons. The van der Waals surface area contributed by atoms with Gasteiger partial charge in [-0.05, 0) is 49.2 Å². The van der Waals surface area contributed by atoms with Crippen LogP contribution in [0.15, 0.2) is 94.7 Å². The Morgan fingerprint density at radius 2 is 1.16 bits per heavy atom. The first-order chi connectivity index (χ1) is 18.2. The summed E-state index contributed by atoms with van der Waals surface area (Å²) in [6, 6.07) is 21.4. The summed E-state index contributed by atoms with van der Waals surface area (Å²) >= 11 is 0. The summed E-state index contributed by atoms with van der Waals surface area (Å²) in [6.45, 7) is -0.674. The molecule has 1 aliphatic rings. The minimum atomic E-state index is -4.63. The van der Waals surface area contributed by atoms with Crippen LogP contribution in [-0.4, -0.2) is 49.8 Å². The molecule has 1 unspecified atom stereocenters. The van der Waals surface area contributed by atoms with Crippen LogP contribution in [0.2, 0.25) is 0 Å². The highest BCUT2D eigenvalue weighted by Crippen LogP contribution is 2.30. The van der Waals surface area contributed by atoms with E-state index in [4.69, 9.17) is 5.26 Å². The number of carbonyl (C=O) groups excluding carboxylic acids is 2. The second kappa shape index (κ2) is 11.3. The third kappa shape index (κ3) is 5.24. The molecule has 0 bridgehead atoms. The summed E-state index contributed by atoms with van der Waals surface area (Å²) in [4.78, 5) is 27.0. The largest absolute Gasteiger partial charge is 0.270 e. The Balaban J connectivity index is 1.80. The molecule has 1 aliphatic heterocycles. The summed E-state index contributed by atoms with van der Waals surface area (Å²) in [7, 11) is -9.25. The average molecular weight is 552 g/mol. The Morgan fingerprint density at radius 1 is 0.711 bits per heavy atom. The number of hydrogen-bond donors (Lipinski definition) is 0. The minimum absolute atomic E-state index is 0.109. The van der Waals surface area contributed by atoms with E-state index in [1.165, 1.54) is 60.7 Å². The van der Waals surface area contributed by atoms with Gasteiger partial charge in [-0.3, -0.25) is 14.5 Å². The number of unbranched alkanes of at least 4 members (excludes halogenated alkanes) is 2. The first-order valence-electron chi connectivity index (χ1n) is 11.9. The summed E-state index contributed by atoms with van der Waals surface area (Å²) in [5, 5.41) is 8.92. The van der Waals surface area contributed by atoms with E-state index >= 15 is 0 Å². The number of carbonyl (C=O) groups is 2. The zero-order valence-corrected chi connectivity index (χ0v) is 21.9. The van der Waals surface area contributed by atoms with Crippen LogP contribution in [0.5, 0.6) is 0 Å². The van der Waals surface area contributed by atoms with Gasteiger partial charge in [-0.25, -0.2) is 16.8 Å². The molecule has 9 nitrogen and oxygen atoms in total. The molecule has 3 aromatic carbocycles. The first kappa shape index (κ1) is 27.2. The van der Waals surface area contributed by atoms with E-state index in [1.54, 1.807) is 24.3 Å². The monoisotopic (exact) mass is 551 g/mol. The summed E-state index contributed by atoms with van der Waals surface area (Å²) in [6.07, 6.45) is 1.14. The smallest absolute Gasteiger partial charge is 0.261 e. The van der Waals surface area contributed by atoms with Crippen molar-refractivity contribution in [1.29, 1.82) is 5.26 Å². The Bertz CT molecular complexity index is 1480. The van der Waals surface area contributed by atoms with Crippen LogP contribution >= 0.6 is 0 Å². The van der Waals surface area contributed by atoms with E-state index in [0.29, 0.717) is 16.6 Å². The molecule has 0 saturated carbocycles. The topological polar surface area (TPSA) is 133 Å². The van der Waals surface area contributed by atoms with Crippen LogP contribution in [0.4, 0.5) is 0 Å². The molecule has 0 fully saturated rings. The summed E-state index contributed by atoms with van der Waals surface area (Å²) in [5.74, 6) is -1.24. The zero-order valence-electron chi connectivity index (χ0n) is 20.3. The molecule has 0 saturated heterocycles. The van der Waals surface area contributed by atoms with Crippen molar-refractivity contribution < 1.29 is 26.4 Å². The molecule has 1 atom stereocenters. The van der Waals surface area contributed by atoms with Gasteiger partial charge in [0.05, 0.1) is 39.6 Å². The highest BCUT2D eigenvalue weighted by atomic mass is 32.3. The third-order valence-corrected chi connectivity index (χ3v) is 10.5. The van der Waals surface area contributed by atoms with Crippen molar-refractivity contribution in [2.24, 2.45) is 0 Å². The SMILES string of the molecule is N#CCCCCC(CN(S(=O)(=O)c1ccccc1)S(=O)(=O)c1ccccc1)N1C(=O)c2ccccc2C1=O. The van der Waals surface area contributed by atoms with Crippen molar-refractivity contribution >= 4 is 31.9 Å². The number of fused-ring (bicyclic) bond motifs is 1. The van der Waals surface area contributed by atoms with E-state index in [2.05, 4.69) is 0 Å². The van der Waals surface area contributed by atoms with E-state index < -0.39 is 44.4 Å². The first-order valence-corrected chi connectivity index (χ1v) is 14.8. The van der Waals surface area contributed by atoms with Crippen molar-refractivity contribution in [1.82, 2.24) is 8.61 Å². The van der Waals surface area contributed by atoms with Crippen LogP contribution < -0.4 is 0 Å². The van der Waals surface area contributed by atoms with Crippen molar-refractivity contribution in [2.75, 3.05) is 6.54 Å². The van der Waals surface area contributed by atoms with Crippen molar-refractivity contribution in [3.63, 3.8) is 0 Å². The van der Waals surface area contributed by atoms with Crippen molar-refractivity contribution in [3.05, 3.63) is 96.1 Å². The Labute approximate surface area is 222 Å². The molecule has 4 rings (SSSR count). The maximum absolute atomic E-state index is 13.8. The summed E-state index contributed by atoms with van der Waals surface area (Å²) < 4.78 is 55.5. The molecular formula is C27H25N3O6S2. The summed E-state index contributed by atoms with van der Waals surface area (Å²) in [5.41, 5.74) is 0.339. The molecule has 3 aromatic rings. The lowest BCUT2D eigenvalue weighted by atomic mass is 10.1. The van der Waals surface area contributed by atoms with Gasteiger partial charge in [-0.1, -0.05) is 58.7 Å². The number of sulfonamides is 2. The number of nitriles is 1. The van der Waals surface area contributed by atoms with Gasteiger partial charge in [-0.15, -0.1) is 0 Å². The number of hydrogen-bond acceptors (Lipinski definition) is 7. The predicted octanol–water partition coefficient (Wildman–Crippen LogP) is 3.81. The third-order valence-electron chi connectivity index (χ3n) is 6.24. The molecule has 2 amide bonds. The lowest BCUT2D eigenvalue weighted by Crippen LogP contribution is -2.50. The van der Waals surface area contributed by atoms with Crippen LogP contribution in [-0.2, 0) is 20.0 Å². The predicted molar refractivity (Wildman–Crippen MR) is 139 cm³/mol. The van der Waals surface area contributed by atoms with Gasteiger partial charge in [0.2, 0.25) is 0 Å². The maximum Gasteiger partial charge on any atom is 0.261 e. The number of nitrogens with zero attached hydrogens (tertiary/aromatic N) is 3. The molecule has 0 aliphatic carbocycles. The number of imide groups is 1. The lowest BCUT2D eigenvalue weighted by Gasteiger charge is -2.31. The van der Waals surface area contributed by atoms with E-state index in [9.17, 15) is 26.4 Å². The van der Waals surface area contributed by atoms with Crippen LogP contribution in [0.1, 0.15) is 46.4 Å². The molecule has 196 valence electrons. The standard InChI is InChI=1S/C27H25N3O6S2/c28-19-11-3-4-12-21(30-26(31)24-17-9-10-18-25(24)27(30)32)20-29(37(33,34)22-13-5-1-6-14-22)38(35,36)23-15-7-2-8-16-23/h1-2,5-10,13-18,21H,3-4,11-12,20H2. The van der Waals surface area contributed by atoms with Gasteiger partial charge in [0.15, 0.2) is 0 Å². The van der Waals surface area contributed by atoms with Crippen molar-refractivity contribution in [3.8, 4) is 6.07 Å². The molecule has 0 aromatic heterocycles. The lowest BCUT2D eigenvalue weighted by molar-refractivity contribution is 0.0565. The minimum Gasteiger partial charge on any atom is -0.270 e. The van der Waals surface area contributed by atoms with Gasteiger partial charge in [0, 0.05) is 6.42 Å². The molecule has 0 spiro atoms. The van der Waals surface area contributed by atoms with Gasteiger partial charge < -0.3 is 0 Å². The average Bonchev–Trinajstić information content (AvgIpc) is 3.19. The molecule has 1 heterocycles.